The Bertz CT molecular complexity index is 1430. The second-order valence-corrected chi connectivity index (χ2v) is 19.9. The van der Waals surface area contributed by atoms with E-state index in [-0.39, 0.29) is 39.3 Å². The van der Waals surface area contributed by atoms with Crippen LogP contribution < -0.4 is 11.1 Å². The summed E-state index contributed by atoms with van der Waals surface area (Å²) in [6.45, 7) is 20.1. The second-order valence-electron chi connectivity index (χ2n) is 18.6. The van der Waals surface area contributed by atoms with Crippen molar-refractivity contribution in [2.45, 2.75) is 143 Å². The molecule has 0 aromatic heterocycles. The van der Waals surface area contributed by atoms with Crippen LogP contribution in [0, 0.1) is 56.7 Å². The van der Waals surface area contributed by atoms with E-state index in [1.165, 1.54) is 12.5 Å². The summed E-state index contributed by atoms with van der Waals surface area (Å²) in [5, 5.41) is 13.8. The molecule has 0 aromatic rings. The van der Waals surface area contributed by atoms with E-state index in [0.29, 0.717) is 57.8 Å². The molecule has 1 saturated heterocycles. The summed E-state index contributed by atoms with van der Waals surface area (Å²) >= 11 is 3.26. The molecule has 5 rings (SSSR count). The Morgan fingerprint density at radius 3 is 2.33 bits per heavy atom. The van der Waals surface area contributed by atoms with Crippen LogP contribution in [0.2, 0.25) is 0 Å². The molecule has 10 nitrogen and oxygen atoms in total. The van der Waals surface area contributed by atoms with Crippen molar-refractivity contribution in [3.05, 3.63) is 11.6 Å². The number of carbonyl (C=O) groups is 4. The highest BCUT2D eigenvalue weighted by Crippen LogP contribution is 2.75. The Kier molecular flexibility index (Phi) is 11.8. The maximum absolute atomic E-state index is 13.6. The summed E-state index contributed by atoms with van der Waals surface area (Å²) in [4.78, 5) is 51.2. The number of carbonyl (C=O) groups excluding carboxylic acids is 3. The van der Waals surface area contributed by atoms with E-state index in [2.05, 4.69) is 75.8 Å². The molecule has 0 aromatic carbocycles. The summed E-state index contributed by atoms with van der Waals surface area (Å²) in [6, 6.07) is -0.851. The number of nitrogens with two attached hydrogens (primary N) is 1. The highest BCUT2D eigenvalue weighted by atomic mass is 79.9. The lowest BCUT2D eigenvalue weighted by Crippen LogP contribution is -2.70. The number of esters is 2. The number of nitrogens with one attached hydrogen (secondary N) is 1. The zero-order valence-corrected chi connectivity index (χ0v) is 34.6. The maximum atomic E-state index is 13.6. The molecule has 2 bridgehead atoms. The van der Waals surface area contributed by atoms with E-state index in [1.807, 2.05) is 0 Å². The molecule has 1 amide bonds. The van der Waals surface area contributed by atoms with E-state index in [4.69, 9.17) is 19.9 Å². The summed E-state index contributed by atoms with van der Waals surface area (Å²) in [5.41, 5.74) is 5.65. The lowest BCUT2D eigenvalue weighted by Gasteiger charge is -2.71. The monoisotopic (exact) mass is 792 g/mol. The van der Waals surface area contributed by atoms with Crippen LogP contribution in [0.3, 0.4) is 0 Å². The van der Waals surface area contributed by atoms with E-state index in [1.54, 1.807) is 6.92 Å². The lowest BCUT2D eigenvalue weighted by molar-refractivity contribution is -0.263. The van der Waals surface area contributed by atoms with Gasteiger partial charge in [-0.25, -0.2) is 0 Å². The van der Waals surface area contributed by atoms with Crippen molar-refractivity contribution in [2.24, 2.45) is 62.4 Å². The van der Waals surface area contributed by atoms with Crippen molar-refractivity contribution in [3.8, 4) is 0 Å². The van der Waals surface area contributed by atoms with Gasteiger partial charge in [-0.2, -0.15) is 0 Å². The Hall–Kier alpha value is -1.98. The SMILES string of the molecule is CC(=O)O[C@@H]1C[C@@]23COC[C@](C)([C@@H]2CC[C@H]2C3=CC[C@@]3(C)[C@H](C(=O)O)[C@@](C)([C@H](C)C(C)C)CC[C@]23C)[C@H]1OC(=O)C(N)CCCCNC(=O)C(C)Br. The van der Waals surface area contributed by atoms with Crippen LogP contribution in [0.5, 0.6) is 0 Å². The Morgan fingerprint density at radius 2 is 1.71 bits per heavy atom. The number of unbranched alkanes of at least 4 members (excludes halogenated alkanes) is 1. The topological polar surface area (TPSA) is 154 Å². The molecule has 294 valence electrons. The molecule has 0 spiro atoms. The molecule has 13 atom stereocenters. The van der Waals surface area contributed by atoms with Gasteiger partial charge < -0.3 is 30.4 Å². The Balaban J connectivity index is 1.43. The number of allylic oxidation sites excluding steroid dienone is 1. The van der Waals surface area contributed by atoms with Crippen LogP contribution >= 0.6 is 15.9 Å². The van der Waals surface area contributed by atoms with Crippen molar-refractivity contribution < 1.29 is 38.5 Å². The molecule has 3 saturated carbocycles. The van der Waals surface area contributed by atoms with Crippen molar-refractivity contribution in [2.75, 3.05) is 19.8 Å². The number of hydrogen-bond donors (Lipinski definition) is 3. The molecule has 4 fully saturated rings. The van der Waals surface area contributed by atoms with Gasteiger partial charge in [-0.3, -0.25) is 19.2 Å². The third-order valence-corrected chi connectivity index (χ3v) is 16.0. The number of hydrogen-bond acceptors (Lipinski definition) is 8. The van der Waals surface area contributed by atoms with Crippen LogP contribution in [0.25, 0.3) is 0 Å². The van der Waals surface area contributed by atoms with E-state index < -0.39 is 58.3 Å². The van der Waals surface area contributed by atoms with Gasteiger partial charge in [0.05, 0.1) is 24.0 Å². The molecule has 52 heavy (non-hydrogen) atoms. The van der Waals surface area contributed by atoms with E-state index >= 15 is 0 Å². The minimum atomic E-state index is -0.851. The summed E-state index contributed by atoms with van der Waals surface area (Å²) in [6.07, 6.45) is 7.47. The molecule has 0 radical (unpaired) electrons. The molecular formula is C41H65BrN2O8. The van der Waals surface area contributed by atoms with Crippen LogP contribution in [0.15, 0.2) is 11.6 Å². The second kappa shape index (κ2) is 14.9. The van der Waals surface area contributed by atoms with Crippen LogP contribution in [0.4, 0.5) is 0 Å². The first-order chi connectivity index (χ1) is 24.2. The standard InChI is InChI=1S/C41H65BrN2O8/c1-23(2)24(3)37(6)17-18-39(8)27-13-14-31-38(7)21-50-22-41(31,28(27)15-16-40(39,9)32(37)35(47)48)20-30(51-26(5)45)33(38)52-36(49)29(43)12-10-11-19-44-34(46)25(4)42/h15,23-25,27,29-33H,10-14,16-22,43H2,1-9H3,(H,44,46)(H,47,48)/t24-,25?,27+,29?,30-,31+,32-,33+,37-,38-,39-,40+,41+/m1/s1. The number of carboxylic acid groups (broad SMARTS) is 1. The van der Waals surface area contributed by atoms with E-state index in [0.717, 1.165) is 25.7 Å². The van der Waals surface area contributed by atoms with Gasteiger partial charge in [0.25, 0.3) is 0 Å². The fourth-order valence-corrected chi connectivity index (χ4v) is 12.4. The molecule has 4 aliphatic carbocycles. The maximum Gasteiger partial charge on any atom is 0.323 e. The zero-order chi connectivity index (χ0) is 38.6. The number of carboxylic acids is 1. The number of alkyl halides is 1. The fraction of sp³-hybridized carbons (Fsp3) is 0.854. The van der Waals surface area contributed by atoms with Gasteiger partial charge in [0.15, 0.2) is 0 Å². The number of rotatable bonds is 12. The van der Waals surface area contributed by atoms with Gasteiger partial charge >= 0.3 is 17.9 Å². The molecule has 1 heterocycles. The van der Waals surface area contributed by atoms with Gasteiger partial charge in [0.2, 0.25) is 5.91 Å². The van der Waals surface area contributed by atoms with Crippen molar-refractivity contribution in [1.29, 1.82) is 0 Å². The number of ether oxygens (including phenoxy) is 3. The quantitative estimate of drug-likeness (QED) is 0.0837. The van der Waals surface area contributed by atoms with Gasteiger partial charge in [0, 0.05) is 24.3 Å². The van der Waals surface area contributed by atoms with Crippen molar-refractivity contribution in [3.63, 3.8) is 0 Å². The van der Waals surface area contributed by atoms with E-state index in [9.17, 15) is 24.3 Å². The molecule has 1 aliphatic heterocycles. The number of fused-ring (bicyclic) bond motifs is 3. The number of halogens is 1. The fourth-order valence-electron chi connectivity index (χ4n) is 12.3. The average Bonchev–Trinajstić information content (AvgIpc) is 3.05. The molecule has 11 heteroatoms. The zero-order valence-electron chi connectivity index (χ0n) is 33.0. The van der Waals surface area contributed by atoms with Gasteiger partial charge in [-0.15, -0.1) is 0 Å². The minimum absolute atomic E-state index is 0.0832. The van der Waals surface area contributed by atoms with Crippen molar-refractivity contribution in [1.82, 2.24) is 5.32 Å². The first-order valence-corrected chi connectivity index (χ1v) is 20.7. The summed E-state index contributed by atoms with van der Waals surface area (Å²) in [7, 11) is 0. The summed E-state index contributed by atoms with van der Waals surface area (Å²) in [5.74, 6) is -1.28. The largest absolute Gasteiger partial charge is 0.481 e. The minimum Gasteiger partial charge on any atom is -0.481 e. The van der Waals surface area contributed by atoms with Crippen LogP contribution in [0.1, 0.15) is 120 Å². The summed E-state index contributed by atoms with van der Waals surface area (Å²) < 4.78 is 18.9. The predicted molar refractivity (Wildman–Crippen MR) is 202 cm³/mol. The van der Waals surface area contributed by atoms with Gasteiger partial charge in [0.1, 0.15) is 18.2 Å². The van der Waals surface area contributed by atoms with Gasteiger partial charge in [-0.1, -0.05) is 76.0 Å². The number of aliphatic carboxylic acids is 1. The molecule has 5 aliphatic rings. The Labute approximate surface area is 319 Å². The van der Waals surface area contributed by atoms with Gasteiger partial charge in [-0.05, 0) is 105 Å². The molecular weight excluding hydrogens is 728 g/mol. The smallest absolute Gasteiger partial charge is 0.323 e. The highest BCUT2D eigenvalue weighted by molar-refractivity contribution is 9.10. The van der Waals surface area contributed by atoms with Crippen LogP contribution in [-0.2, 0) is 33.4 Å². The number of amides is 1. The molecule has 4 N–H and O–H groups in total. The third-order valence-electron chi connectivity index (χ3n) is 15.5. The average molecular weight is 794 g/mol. The highest BCUT2D eigenvalue weighted by Gasteiger charge is 2.72. The normalized spacial score (nSPS) is 41.2. The third kappa shape index (κ3) is 6.69. The lowest BCUT2D eigenvalue weighted by atomic mass is 9.34. The molecule has 2 unspecified atom stereocenters. The first kappa shape index (κ1) is 41.2. The van der Waals surface area contributed by atoms with Crippen molar-refractivity contribution >= 4 is 39.7 Å². The first-order valence-electron chi connectivity index (χ1n) is 19.8. The van der Waals surface area contributed by atoms with Crippen LogP contribution in [-0.4, -0.2) is 71.8 Å². The Morgan fingerprint density at radius 1 is 1.02 bits per heavy atom. The predicted octanol–water partition coefficient (Wildman–Crippen LogP) is 6.82.